The molecule has 0 spiro atoms. The Labute approximate surface area is 254 Å². The standard InChI is InChI=1S/C32H34ClN5O5/c33-24-16-20(25-9-11-30(40)37-36-25)8-10-28(24)43-19-31(41)38-14-12-21(13-15-38)34-17-22(39)18-42-29-7-3-6-27-32(29)23-4-1-2-5-26(23)35-27/h1-8,10,16,21-22,34-35,39H,9,11-15,17-19H2,(H,37,40). The zero-order valence-electron chi connectivity index (χ0n) is 23.6. The Hall–Kier alpha value is -4.12. The summed E-state index contributed by atoms with van der Waals surface area (Å²) in [5.74, 6) is 0.964. The Morgan fingerprint density at radius 3 is 2.65 bits per heavy atom. The number of H-pyrrole nitrogens is 1. The number of hydrogen-bond donors (Lipinski definition) is 4. The molecule has 3 heterocycles. The summed E-state index contributed by atoms with van der Waals surface area (Å²) in [5.41, 5.74) is 6.09. The first-order chi connectivity index (χ1) is 20.9. The number of rotatable bonds is 10. The van der Waals surface area contributed by atoms with Crippen LogP contribution in [0.5, 0.6) is 11.5 Å². The number of hydrogen-bond acceptors (Lipinski definition) is 7. The van der Waals surface area contributed by atoms with E-state index in [1.165, 1.54) is 0 Å². The topological polar surface area (TPSA) is 128 Å². The lowest BCUT2D eigenvalue weighted by Crippen LogP contribution is -2.48. The smallest absolute Gasteiger partial charge is 0.260 e. The number of aliphatic hydroxyl groups is 1. The second-order valence-electron chi connectivity index (χ2n) is 10.9. The quantitative estimate of drug-likeness (QED) is 0.217. The molecule has 1 atom stereocenters. The normalized spacial score (nSPS) is 16.7. The van der Waals surface area contributed by atoms with Crippen LogP contribution in [0, 0.1) is 0 Å². The number of para-hydroxylation sites is 1. The number of halogens is 1. The highest BCUT2D eigenvalue weighted by Crippen LogP contribution is 2.33. The van der Waals surface area contributed by atoms with Gasteiger partial charge in [0.2, 0.25) is 5.91 Å². The van der Waals surface area contributed by atoms with Gasteiger partial charge in [-0.15, -0.1) is 0 Å². The number of fused-ring (bicyclic) bond motifs is 3. The number of carbonyl (C=O) groups is 2. The van der Waals surface area contributed by atoms with Crippen LogP contribution < -0.4 is 20.2 Å². The van der Waals surface area contributed by atoms with Gasteiger partial charge in [0.1, 0.15) is 24.2 Å². The van der Waals surface area contributed by atoms with E-state index in [1.807, 2.05) is 42.5 Å². The zero-order valence-corrected chi connectivity index (χ0v) is 24.4. The van der Waals surface area contributed by atoms with Gasteiger partial charge in [-0.25, -0.2) is 5.43 Å². The van der Waals surface area contributed by atoms with Crippen molar-refractivity contribution < 1.29 is 24.2 Å². The van der Waals surface area contributed by atoms with Gasteiger partial charge < -0.3 is 29.8 Å². The fraction of sp³-hybridized carbons (Fsp3) is 0.344. The average molecular weight is 604 g/mol. The number of aliphatic hydroxyl groups excluding tert-OH is 1. The van der Waals surface area contributed by atoms with E-state index in [1.54, 1.807) is 17.0 Å². The number of nitrogens with one attached hydrogen (secondary N) is 3. The maximum absolute atomic E-state index is 12.8. The van der Waals surface area contributed by atoms with Gasteiger partial charge in [-0.2, -0.15) is 5.10 Å². The number of benzene rings is 3. The van der Waals surface area contributed by atoms with Gasteiger partial charge in [0.15, 0.2) is 6.61 Å². The lowest BCUT2D eigenvalue weighted by molar-refractivity contribution is -0.134. The molecule has 2 amide bonds. The highest BCUT2D eigenvalue weighted by molar-refractivity contribution is 6.32. The number of hydrazone groups is 1. The predicted molar refractivity (Wildman–Crippen MR) is 166 cm³/mol. The highest BCUT2D eigenvalue weighted by atomic mass is 35.5. The van der Waals surface area contributed by atoms with E-state index < -0.39 is 6.10 Å². The number of carbonyl (C=O) groups excluding carboxylic acids is 2. The third-order valence-electron chi connectivity index (χ3n) is 7.93. The summed E-state index contributed by atoms with van der Waals surface area (Å²) in [5, 5.41) is 20.6. The van der Waals surface area contributed by atoms with Crippen LogP contribution >= 0.6 is 11.6 Å². The molecule has 2 aliphatic heterocycles. The summed E-state index contributed by atoms with van der Waals surface area (Å²) in [6.07, 6.45) is 1.81. The van der Waals surface area contributed by atoms with Crippen molar-refractivity contribution in [1.82, 2.24) is 20.6 Å². The molecule has 0 bridgehead atoms. The highest BCUT2D eigenvalue weighted by Gasteiger charge is 2.24. The largest absolute Gasteiger partial charge is 0.490 e. The van der Waals surface area contributed by atoms with Crippen LogP contribution in [0.2, 0.25) is 5.02 Å². The Morgan fingerprint density at radius 2 is 1.86 bits per heavy atom. The molecule has 1 saturated heterocycles. The van der Waals surface area contributed by atoms with Crippen molar-refractivity contribution in [3.8, 4) is 11.5 Å². The van der Waals surface area contributed by atoms with Crippen molar-refractivity contribution in [2.45, 2.75) is 37.8 Å². The van der Waals surface area contributed by atoms with Crippen LogP contribution in [-0.2, 0) is 9.59 Å². The molecule has 1 fully saturated rings. The maximum Gasteiger partial charge on any atom is 0.260 e. The average Bonchev–Trinajstić information content (AvgIpc) is 3.42. The summed E-state index contributed by atoms with van der Waals surface area (Å²) in [7, 11) is 0. The Kier molecular flexibility index (Phi) is 8.78. The molecule has 10 nitrogen and oxygen atoms in total. The van der Waals surface area contributed by atoms with Gasteiger partial charge in [-0.05, 0) is 54.8 Å². The van der Waals surface area contributed by atoms with Gasteiger partial charge in [-0.1, -0.05) is 35.9 Å². The monoisotopic (exact) mass is 603 g/mol. The number of nitrogens with zero attached hydrogens (tertiary/aromatic N) is 2. The van der Waals surface area contributed by atoms with Crippen LogP contribution in [0.15, 0.2) is 65.8 Å². The van der Waals surface area contributed by atoms with E-state index in [-0.39, 0.29) is 31.1 Å². The minimum Gasteiger partial charge on any atom is -0.490 e. The third kappa shape index (κ3) is 6.77. The molecule has 6 rings (SSSR count). The van der Waals surface area contributed by atoms with Crippen LogP contribution in [0.1, 0.15) is 31.2 Å². The Balaban J connectivity index is 0.925. The summed E-state index contributed by atoms with van der Waals surface area (Å²) >= 11 is 6.40. The van der Waals surface area contributed by atoms with Crippen LogP contribution in [-0.4, -0.2) is 77.5 Å². The molecular formula is C32H34ClN5O5. The van der Waals surface area contributed by atoms with E-state index in [0.717, 1.165) is 51.7 Å². The summed E-state index contributed by atoms with van der Waals surface area (Å²) < 4.78 is 11.8. The van der Waals surface area contributed by atoms with Crippen LogP contribution in [0.3, 0.4) is 0 Å². The summed E-state index contributed by atoms with van der Waals surface area (Å²) in [6.45, 7) is 1.68. The van der Waals surface area contributed by atoms with E-state index in [9.17, 15) is 14.7 Å². The minimum atomic E-state index is -0.673. The Morgan fingerprint density at radius 1 is 1.05 bits per heavy atom. The first kappa shape index (κ1) is 29.0. The molecule has 0 radical (unpaired) electrons. The third-order valence-corrected chi connectivity index (χ3v) is 8.23. The van der Waals surface area contributed by atoms with Gasteiger partial charge >= 0.3 is 0 Å². The van der Waals surface area contributed by atoms with E-state index in [4.69, 9.17) is 21.1 Å². The maximum atomic E-state index is 12.8. The predicted octanol–water partition coefficient (Wildman–Crippen LogP) is 3.99. The molecule has 1 unspecified atom stereocenters. The molecule has 4 aromatic rings. The second kappa shape index (κ2) is 13.0. The second-order valence-corrected chi connectivity index (χ2v) is 11.3. The molecule has 3 aromatic carbocycles. The van der Waals surface area contributed by atoms with Crippen molar-refractivity contribution in [1.29, 1.82) is 0 Å². The van der Waals surface area contributed by atoms with Crippen molar-refractivity contribution in [3.05, 3.63) is 71.2 Å². The van der Waals surface area contributed by atoms with E-state index >= 15 is 0 Å². The fourth-order valence-electron chi connectivity index (χ4n) is 5.58. The van der Waals surface area contributed by atoms with Gasteiger partial charge in [0, 0.05) is 54.8 Å². The zero-order chi connectivity index (χ0) is 29.8. The van der Waals surface area contributed by atoms with Crippen LogP contribution in [0.25, 0.3) is 21.8 Å². The number of amides is 2. The lowest BCUT2D eigenvalue weighted by Gasteiger charge is -2.33. The van der Waals surface area contributed by atoms with E-state index in [0.29, 0.717) is 43.2 Å². The molecule has 1 aromatic heterocycles. The molecule has 224 valence electrons. The minimum absolute atomic E-state index is 0.0992. The van der Waals surface area contributed by atoms with Crippen molar-refractivity contribution >= 4 is 50.9 Å². The molecule has 43 heavy (non-hydrogen) atoms. The molecule has 4 N–H and O–H groups in total. The summed E-state index contributed by atoms with van der Waals surface area (Å²) in [4.78, 5) is 29.3. The fourth-order valence-corrected chi connectivity index (χ4v) is 5.81. The number of likely N-dealkylation sites (tertiary alicyclic amines) is 1. The van der Waals surface area contributed by atoms with Crippen LogP contribution in [0.4, 0.5) is 0 Å². The molecule has 11 heteroatoms. The van der Waals surface area contributed by atoms with Gasteiger partial charge in [-0.3, -0.25) is 9.59 Å². The molecule has 0 saturated carbocycles. The number of aromatic nitrogens is 1. The van der Waals surface area contributed by atoms with Crippen molar-refractivity contribution in [2.24, 2.45) is 5.10 Å². The van der Waals surface area contributed by atoms with Gasteiger partial charge in [0.25, 0.3) is 5.91 Å². The number of aromatic amines is 1. The molecule has 2 aliphatic rings. The Bertz CT molecular complexity index is 1660. The van der Waals surface area contributed by atoms with E-state index in [2.05, 4.69) is 26.9 Å². The number of ether oxygens (including phenoxy) is 2. The number of piperidine rings is 1. The first-order valence-electron chi connectivity index (χ1n) is 14.5. The molecule has 0 aliphatic carbocycles. The lowest BCUT2D eigenvalue weighted by atomic mass is 10.0. The molecular weight excluding hydrogens is 570 g/mol. The van der Waals surface area contributed by atoms with Crippen molar-refractivity contribution in [3.63, 3.8) is 0 Å². The van der Waals surface area contributed by atoms with Crippen molar-refractivity contribution in [2.75, 3.05) is 32.8 Å². The van der Waals surface area contributed by atoms with Gasteiger partial charge in [0.05, 0.1) is 16.3 Å². The first-order valence-corrected chi connectivity index (χ1v) is 14.9. The summed E-state index contributed by atoms with van der Waals surface area (Å²) in [6, 6.07) is 19.5. The SMILES string of the molecule is O=C1CCC(c2ccc(OCC(=O)N3CCC(NCC(O)COc4cccc5[nH]c6ccccc6c45)CC3)c(Cl)c2)=NN1.